The van der Waals surface area contributed by atoms with E-state index < -0.39 is 0 Å². The minimum absolute atomic E-state index is 0.414. The van der Waals surface area contributed by atoms with Crippen molar-refractivity contribution in [2.45, 2.75) is 52.0 Å². The Morgan fingerprint density at radius 1 is 1.61 bits per heavy atom. The van der Waals surface area contributed by atoms with Crippen molar-refractivity contribution in [1.29, 1.82) is 0 Å². The number of hydrogen-bond acceptors (Lipinski definition) is 3. The first kappa shape index (κ1) is 13.6. The van der Waals surface area contributed by atoms with Crippen molar-refractivity contribution in [3.63, 3.8) is 0 Å². The number of nitrogens with one attached hydrogen (secondary N) is 1. The van der Waals surface area contributed by atoms with Gasteiger partial charge in [0.05, 0.1) is 0 Å². The van der Waals surface area contributed by atoms with Gasteiger partial charge in [-0.25, -0.2) is 0 Å². The minimum Gasteiger partial charge on any atom is -0.273 e. The molecule has 0 aliphatic heterocycles. The maximum atomic E-state index is 5.78. The fourth-order valence-electron chi connectivity index (χ4n) is 3.45. The first-order valence-electron chi connectivity index (χ1n) is 6.97. The summed E-state index contributed by atoms with van der Waals surface area (Å²) in [4.78, 5) is 0. The zero-order valence-corrected chi connectivity index (χ0v) is 11.8. The monoisotopic (exact) mass is 250 g/mol. The Morgan fingerprint density at radius 3 is 2.89 bits per heavy atom. The van der Waals surface area contributed by atoms with Gasteiger partial charge in [0.15, 0.2) is 0 Å². The van der Waals surface area contributed by atoms with Crippen LogP contribution in [0.1, 0.15) is 45.2 Å². The molecule has 0 bridgehead atoms. The molecular weight excluding hydrogens is 224 g/mol. The highest BCUT2D eigenvalue weighted by Gasteiger charge is 2.38. The third-order valence-electron chi connectivity index (χ3n) is 4.67. The maximum Gasteiger partial charge on any atom is 0.0492 e. The number of nitrogens with two attached hydrogens (primary N) is 1. The second kappa shape index (κ2) is 5.41. The lowest BCUT2D eigenvalue weighted by Gasteiger charge is -2.33. The van der Waals surface area contributed by atoms with Gasteiger partial charge in [-0.1, -0.05) is 20.3 Å². The van der Waals surface area contributed by atoms with Crippen LogP contribution in [0.15, 0.2) is 12.3 Å². The molecule has 18 heavy (non-hydrogen) atoms. The highest BCUT2D eigenvalue weighted by Crippen LogP contribution is 2.44. The van der Waals surface area contributed by atoms with Crippen LogP contribution in [-0.2, 0) is 13.5 Å². The molecule has 1 fully saturated rings. The molecule has 3 N–H and O–H groups in total. The highest BCUT2D eigenvalue weighted by atomic mass is 15.3. The molecule has 2 unspecified atom stereocenters. The molecule has 2 rings (SSSR count). The number of aryl methyl sites for hydroxylation is 2. The molecule has 102 valence electrons. The molecule has 0 saturated heterocycles. The summed E-state index contributed by atoms with van der Waals surface area (Å²) in [6.45, 7) is 4.75. The Kier molecular flexibility index (Phi) is 4.07. The van der Waals surface area contributed by atoms with Gasteiger partial charge in [-0.05, 0) is 43.1 Å². The van der Waals surface area contributed by atoms with Gasteiger partial charge in [-0.3, -0.25) is 16.0 Å². The average molecular weight is 250 g/mol. The molecule has 0 spiro atoms. The molecule has 4 heteroatoms. The molecule has 0 aromatic carbocycles. The zero-order valence-electron chi connectivity index (χ0n) is 11.8. The summed E-state index contributed by atoms with van der Waals surface area (Å²) in [6, 6.07) is 2.50. The average Bonchev–Trinajstić information content (AvgIpc) is 2.87. The predicted molar refractivity (Wildman–Crippen MR) is 73.8 cm³/mol. The van der Waals surface area contributed by atoms with Crippen LogP contribution in [0.3, 0.4) is 0 Å². The molecule has 2 atom stereocenters. The van der Waals surface area contributed by atoms with Gasteiger partial charge in [-0.2, -0.15) is 5.10 Å². The summed E-state index contributed by atoms with van der Waals surface area (Å²) in [5.74, 6) is 6.47. The Labute approximate surface area is 110 Å². The second-order valence-corrected chi connectivity index (χ2v) is 6.25. The van der Waals surface area contributed by atoms with E-state index in [0.717, 1.165) is 12.8 Å². The van der Waals surface area contributed by atoms with E-state index in [9.17, 15) is 0 Å². The van der Waals surface area contributed by atoms with Crippen LogP contribution < -0.4 is 11.3 Å². The number of nitrogens with zero attached hydrogens (tertiary/aromatic N) is 2. The lowest BCUT2D eigenvalue weighted by Crippen LogP contribution is -2.44. The quantitative estimate of drug-likeness (QED) is 0.621. The van der Waals surface area contributed by atoms with Crippen molar-refractivity contribution >= 4 is 0 Å². The molecule has 1 saturated carbocycles. The summed E-state index contributed by atoms with van der Waals surface area (Å²) in [5, 5.41) is 4.21. The van der Waals surface area contributed by atoms with Crippen LogP contribution in [-0.4, -0.2) is 15.8 Å². The van der Waals surface area contributed by atoms with Crippen LogP contribution in [0.4, 0.5) is 0 Å². The van der Waals surface area contributed by atoms with Crippen LogP contribution in [0, 0.1) is 11.3 Å². The summed E-state index contributed by atoms with van der Waals surface area (Å²) in [7, 11) is 2.00. The van der Waals surface area contributed by atoms with Gasteiger partial charge in [-0.15, -0.1) is 0 Å². The number of aromatic nitrogens is 2. The fourth-order valence-corrected chi connectivity index (χ4v) is 3.45. The minimum atomic E-state index is 0.414. The lowest BCUT2D eigenvalue weighted by atomic mass is 9.76. The third-order valence-corrected chi connectivity index (χ3v) is 4.67. The van der Waals surface area contributed by atoms with Gasteiger partial charge in [0.1, 0.15) is 0 Å². The van der Waals surface area contributed by atoms with E-state index in [2.05, 4.69) is 30.4 Å². The molecule has 0 radical (unpaired) electrons. The highest BCUT2D eigenvalue weighted by molar-refractivity contribution is 5.01. The van der Waals surface area contributed by atoms with E-state index in [0.29, 0.717) is 17.4 Å². The summed E-state index contributed by atoms with van der Waals surface area (Å²) >= 11 is 0. The fraction of sp³-hybridized carbons (Fsp3) is 0.786. The number of hydrogen-bond donors (Lipinski definition) is 2. The second-order valence-electron chi connectivity index (χ2n) is 6.25. The van der Waals surface area contributed by atoms with E-state index in [4.69, 9.17) is 5.84 Å². The van der Waals surface area contributed by atoms with Crippen molar-refractivity contribution in [2.75, 3.05) is 0 Å². The Balaban J connectivity index is 1.96. The van der Waals surface area contributed by atoms with Gasteiger partial charge >= 0.3 is 0 Å². The smallest absolute Gasteiger partial charge is 0.0492 e. The van der Waals surface area contributed by atoms with Gasteiger partial charge in [0, 0.05) is 25.0 Å². The van der Waals surface area contributed by atoms with E-state index in [1.54, 1.807) is 0 Å². The molecule has 1 aliphatic carbocycles. The Hall–Kier alpha value is -0.870. The zero-order chi connectivity index (χ0) is 13.2. The predicted octanol–water partition coefficient (Wildman–Crippen LogP) is 2.01. The van der Waals surface area contributed by atoms with E-state index in [-0.39, 0.29) is 0 Å². The van der Waals surface area contributed by atoms with Crippen LogP contribution in [0.5, 0.6) is 0 Å². The molecule has 4 nitrogen and oxygen atoms in total. The van der Waals surface area contributed by atoms with Gasteiger partial charge in [0.25, 0.3) is 0 Å². The maximum absolute atomic E-state index is 5.78. The lowest BCUT2D eigenvalue weighted by molar-refractivity contribution is 0.190. The first-order valence-corrected chi connectivity index (χ1v) is 6.97. The number of rotatable bonds is 5. The largest absolute Gasteiger partial charge is 0.273 e. The Bertz CT molecular complexity index is 383. The molecule has 1 aromatic heterocycles. The van der Waals surface area contributed by atoms with Crippen molar-refractivity contribution < 1.29 is 0 Å². The van der Waals surface area contributed by atoms with Crippen LogP contribution >= 0.6 is 0 Å². The normalized spacial score (nSPS) is 24.3. The Morgan fingerprint density at radius 2 is 2.39 bits per heavy atom. The summed E-state index contributed by atoms with van der Waals surface area (Å²) in [5.41, 5.74) is 4.76. The SMILES string of the molecule is Cn1nccc1CCC(NN)C1CCCC1(C)C. The van der Waals surface area contributed by atoms with Crippen LogP contribution in [0.2, 0.25) is 0 Å². The third kappa shape index (κ3) is 2.75. The first-order chi connectivity index (χ1) is 8.54. The summed E-state index contributed by atoms with van der Waals surface area (Å²) in [6.07, 6.45) is 7.94. The van der Waals surface area contributed by atoms with Crippen molar-refractivity contribution in [1.82, 2.24) is 15.2 Å². The van der Waals surface area contributed by atoms with Crippen molar-refractivity contribution in [2.24, 2.45) is 24.2 Å². The van der Waals surface area contributed by atoms with Crippen LogP contribution in [0.25, 0.3) is 0 Å². The topological polar surface area (TPSA) is 55.9 Å². The molecule has 1 aliphatic rings. The molecule has 1 heterocycles. The standard InChI is InChI=1S/C14H26N4/c1-14(2)9-4-5-12(14)13(17-15)7-6-11-8-10-16-18(11)3/h8,10,12-13,17H,4-7,9,15H2,1-3H3. The molecule has 0 amide bonds. The van der Waals surface area contributed by atoms with Crippen molar-refractivity contribution in [3.05, 3.63) is 18.0 Å². The molecule has 1 aromatic rings. The van der Waals surface area contributed by atoms with E-state index in [1.165, 1.54) is 25.0 Å². The molecular formula is C14H26N4. The van der Waals surface area contributed by atoms with E-state index in [1.807, 2.05) is 17.9 Å². The van der Waals surface area contributed by atoms with Gasteiger partial charge in [0.2, 0.25) is 0 Å². The van der Waals surface area contributed by atoms with Crippen molar-refractivity contribution in [3.8, 4) is 0 Å². The van der Waals surface area contributed by atoms with E-state index >= 15 is 0 Å². The number of hydrazine groups is 1. The van der Waals surface area contributed by atoms with Gasteiger partial charge < -0.3 is 0 Å². The summed E-state index contributed by atoms with van der Waals surface area (Å²) < 4.78 is 1.95.